The van der Waals surface area contributed by atoms with Gasteiger partial charge in [-0.3, -0.25) is 14.5 Å². The lowest BCUT2D eigenvalue weighted by Crippen LogP contribution is -2.80. The second kappa shape index (κ2) is 21.6. The molecule has 0 aromatic heterocycles. The number of aliphatic hydroxyl groups excluding tert-OH is 4. The molecule has 0 bridgehead atoms. The molecule has 0 spiro atoms. The molecule has 0 saturated carbocycles. The standard InChI is InChI=1S/C43H69NO17/c1-10-30-27(20-55-41-39(54-9)38(53-8)35(50)24(5)57-41)15-21(2)11-12-29(47)22(3)16-26(13-14-45)31(18-28(46)19-33(49)59-30)60-40-36(51)34-37(25(6)58-40)61-42-43(52,44(34)7)32(48)17-23(4)56-42/h11-12,14-15,22-28,30-32,34-42,46,48,50-52H,10,13,16-20H2,1-9H3/b12-11+,21-15+/t22-,23+,24?,25?,26+,27?,28+,30-,31-,32?,34?,35-,36-,37-,38-,39-,40?,41?,42?,43?/m1/s1. The molecule has 4 saturated heterocycles. The number of ether oxygens (including phenoxy) is 9. The summed E-state index contributed by atoms with van der Waals surface area (Å²) in [6, 6.07) is -0.955. The summed E-state index contributed by atoms with van der Waals surface area (Å²) in [6.07, 6.45) is -8.92. The van der Waals surface area contributed by atoms with E-state index in [1.807, 2.05) is 13.0 Å². The number of ketones is 1. The maximum absolute atomic E-state index is 13.6. The van der Waals surface area contributed by atoms with Gasteiger partial charge < -0.3 is 73.0 Å². The van der Waals surface area contributed by atoms with Crippen molar-refractivity contribution >= 4 is 18.0 Å². The SMILES string of the molecule is CC[C@H]1OC(=O)C[C@@H](O)C[C@@H](OC2OC(C)[C@H]3OC4O[C@@H](C)CC(O)C4(O)N(C)C3[C@H]2O)[C@@H](CC=O)C[C@@H](C)C(=O)/C=C/C(C)=C/C1COC1OC(C)[C@@H](O)[C@@H](OC)[C@H]1OC. The molecule has 0 aromatic carbocycles. The Balaban J connectivity index is 1.38. The van der Waals surface area contributed by atoms with Gasteiger partial charge in [0.15, 0.2) is 24.1 Å². The molecule has 0 aromatic rings. The van der Waals surface area contributed by atoms with Gasteiger partial charge in [0, 0.05) is 45.3 Å². The van der Waals surface area contributed by atoms with Gasteiger partial charge in [0.05, 0.1) is 49.6 Å². The van der Waals surface area contributed by atoms with Crippen molar-refractivity contribution in [1.29, 1.82) is 0 Å². The third-order valence-electron chi connectivity index (χ3n) is 13.0. The second-order valence-corrected chi connectivity index (χ2v) is 17.5. The molecule has 5 rings (SSSR count). The van der Waals surface area contributed by atoms with Gasteiger partial charge in [-0.05, 0) is 59.6 Å². The van der Waals surface area contributed by atoms with E-state index in [0.717, 1.165) is 0 Å². The molecule has 0 radical (unpaired) electrons. The van der Waals surface area contributed by atoms with Crippen LogP contribution in [0.3, 0.4) is 0 Å². The summed E-state index contributed by atoms with van der Waals surface area (Å²) in [6.45, 7) is 10.5. The number of aliphatic hydroxyl groups is 5. The van der Waals surface area contributed by atoms with Crippen LogP contribution in [0.5, 0.6) is 0 Å². The molecule has 5 N–H and O–H groups in total. The van der Waals surface area contributed by atoms with Crippen molar-refractivity contribution in [3.63, 3.8) is 0 Å². The number of aldehydes is 1. The van der Waals surface area contributed by atoms with Gasteiger partial charge >= 0.3 is 5.97 Å². The monoisotopic (exact) mass is 871 g/mol. The second-order valence-electron chi connectivity index (χ2n) is 17.5. The largest absolute Gasteiger partial charge is 0.462 e. The van der Waals surface area contributed by atoms with Crippen LogP contribution in [0.15, 0.2) is 23.8 Å². The molecule has 5 aliphatic heterocycles. The first-order valence-corrected chi connectivity index (χ1v) is 21.5. The zero-order valence-electron chi connectivity index (χ0n) is 36.8. The highest BCUT2D eigenvalue weighted by molar-refractivity contribution is 5.91. The highest BCUT2D eigenvalue weighted by Gasteiger charge is 2.64. The fraction of sp³-hybridized carbons (Fsp3) is 0.837. The van der Waals surface area contributed by atoms with Crippen LogP contribution in [0.4, 0.5) is 0 Å². The molecule has 0 amide bonds. The highest BCUT2D eigenvalue weighted by Crippen LogP contribution is 2.44. The van der Waals surface area contributed by atoms with E-state index in [-0.39, 0.29) is 38.1 Å². The lowest BCUT2D eigenvalue weighted by molar-refractivity contribution is -0.429. The van der Waals surface area contributed by atoms with Crippen molar-refractivity contribution < 1.29 is 82.5 Å². The average molecular weight is 872 g/mol. The van der Waals surface area contributed by atoms with Crippen LogP contribution in [0.1, 0.15) is 80.1 Å². The number of hydrogen-bond donors (Lipinski definition) is 5. The summed E-state index contributed by atoms with van der Waals surface area (Å²) in [7, 11) is 4.47. The highest BCUT2D eigenvalue weighted by atomic mass is 16.7. The topological polar surface area (TPSA) is 239 Å². The minimum Gasteiger partial charge on any atom is -0.462 e. The summed E-state index contributed by atoms with van der Waals surface area (Å²) < 4.78 is 54.0. The first kappa shape index (κ1) is 49.7. The lowest BCUT2D eigenvalue weighted by Gasteiger charge is -2.60. The quantitative estimate of drug-likeness (QED) is 0.151. The van der Waals surface area contributed by atoms with Gasteiger partial charge in [0.25, 0.3) is 0 Å². The summed E-state index contributed by atoms with van der Waals surface area (Å²) in [5, 5.41) is 56.8. The molecule has 4 fully saturated rings. The Bertz CT molecular complexity index is 1530. The number of esters is 1. The number of allylic oxidation sites excluding steroid dienone is 3. The van der Waals surface area contributed by atoms with Crippen molar-refractivity contribution in [2.45, 2.75) is 184 Å². The number of nitrogens with zero attached hydrogens (tertiary/aromatic N) is 1. The maximum Gasteiger partial charge on any atom is 0.308 e. The van der Waals surface area contributed by atoms with Crippen molar-refractivity contribution in [2.24, 2.45) is 17.8 Å². The van der Waals surface area contributed by atoms with Crippen LogP contribution < -0.4 is 0 Å². The van der Waals surface area contributed by atoms with E-state index < -0.39 is 134 Å². The minimum absolute atomic E-state index is 0.00961. The predicted molar refractivity (Wildman–Crippen MR) is 214 cm³/mol. The number of cyclic esters (lactones) is 1. The molecular formula is C43H69NO17. The van der Waals surface area contributed by atoms with Crippen molar-refractivity contribution in [1.82, 2.24) is 4.90 Å². The number of likely N-dealkylation sites (N-methyl/N-ethyl adjacent to an activating group) is 1. The van der Waals surface area contributed by atoms with Crippen LogP contribution in [-0.4, -0.2) is 180 Å². The lowest BCUT2D eigenvalue weighted by atomic mass is 9.84. The predicted octanol–water partition coefficient (Wildman–Crippen LogP) is 0.909. The minimum atomic E-state index is -2.00. The zero-order valence-corrected chi connectivity index (χ0v) is 36.8. The summed E-state index contributed by atoms with van der Waals surface area (Å²) in [5.41, 5.74) is -1.32. The van der Waals surface area contributed by atoms with Gasteiger partial charge in [-0.1, -0.05) is 31.6 Å². The van der Waals surface area contributed by atoms with E-state index in [9.17, 15) is 39.9 Å². The molecule has 348 valence electrons. The molecule has 20 atom stereocenters. The van der Waals surface area contributed by atoms with Gasteiger partial charge in [0.1, 0.15) is 49.0 Å². The first-order valence-electron chi connectivity index (χ1n) is 21.5. The summed E-state index contributed by atoms with van der Waals surface area (Å²) in [5.74, 6) is -2.77. The molecule has 18 nitrogen and oxygen atoms in total. The smallest absolute Gasteiger partial charge is 0.308 e. The fourth-order valence-corrected chi connectivity index (χ4v) is 9.42. The van der Waals surface area contributed by atoms with E-state index in [1.54, 1.807) is 47.7 Å². The fourth-order valence-electron chi connectivity index (χ4n) is 9.42. The van der Waals surface area contributed by atoms with E-state index in [4.69, 9.17) is 42.6 Å². The van der Waals surface area contributed by atoms with E-state index in [2.05, 4.69) is 0 Å². The molecular weight excluding hydrogens is 802 g/mol. The van der Waals surface area contributed by atoms with Crippen LogP contribution >= 0.6 is 0 Å². The Morgan fingerprint density at radius 3 is 2.25 bits per heavy atom. The van der Waals surface area contributed by atoms with Gasteiger partial charge in [-0.2, -0.15) is 0 Å². The molecule has 0 aliphatic carbocycles. The van der Waals surface area contributed by atoms with Crippen LogP contribution in [-0.2, 0) is 57.0 Å². The van der Waals surface area contributed by atoms with Crippen molar-refractivity contribution in [3.05, 3.63) is 23.8 Å². The Hall–Kier alpha value is -2.27. The van der Waals surface area contributed by atoms with Crippen LogP contribution in [0.25, 0.3) is 0 Å². The molecule has 18 heteroatoms. The zero-order chi connectivity index (χ0) is 44.9. The van der Waals surface area contributed by atoms with Crippen molar-refractivity contribution in [3.8, 4) is 0 Å². The van der Waals surface area contributed by atoms with Crippen LogP contribution in [0.2, 0.25) is 0 Å². The number of fused-ring (bicyclic) bond motifs is 2. The Kier molecular flexibility index (Phi) is 17.6. The Morgan fingerprint density at radius 1 is 0.902 bits per heavy atom. The van der Waals surface area contributed by atoms with Gasteiger partial charge in [-0.25, -0.2) is 0 Å². The van der Waals surface area contributed by atoms with Crippen molar-refractivity contribution in [2.75, 3.05) is 27.9 Å². The Labute approximate surface area is 358 Å². The molecule has 9 unspecified atom stereocenters. The van der Waals surface area contributed by atoms with Crippen LogP contribution in [0, 0.1) is 17.8 Å². The van der Waals surface area contributed by atoms with Gasteiger partial charge in [-0.15, -0.1) is 0 Å². The summed E-state index contributed by atoms with van der Waals surface area (Å²) >= 11 is 0. The molecule has 5 aliphatic rings. The number of carbonyl (C=O) groups excluding carboxylic acids is 3. The maximum atomic E-state index is 13.6. The van der Waals surface area contributed by atoms with E-state index in [1.165, 1.54) is 25.2 Å². The number of methoxy groups -OCH3 is 2. The van der Waals surface area contributed by atoms with Gasteiger partial charge in [0.2, 0.25) is 6.29 Å². The summed E-state index contributed by atoms with van der Waals surface area (Å²) in [4.78, 5) is 40.8. The number of carbonyl (C=O) groups is 3. The Morgan fingerprint density at radius 2 is 1.59 bits per heavy atom. The van der Waals surface area contributed by atoms with E-state index >= 15 is 0 Å². The number of hydrogen-bond acceptors (Lipinski definition) is 18. The molecule has 61 heavy (non-hydrogen) atoms. The third kappa shape index (κ3) is 11.2. The van der Waals surface area contributed by atoms with E-state index in [0.29, 0.717) is 18.3 Å². The average Bonchev–Trinajstić information content (AvgIpc) is 3.20. The number of morpholine rings is 1. The third-order valence-corrected chi connectivity index (χ3v) is 13.0. The normalized spacial score (nSPS) is 47.3. The molecule has 5 heterocycles. The number of rotatable bonds is 10. The first-order chi connectivity index (χ1) is 28.9.